The number of carbonyl (C=O) groups is 3. The van der Waals surface area contributed by atoms with Gasteiger partial charge in [-0.2, -0.15) is 4.31 Å². The molecule has 31 heavy (non-hydrogen) atoms. The smallest absolute Gasteiger partial charge is 0.373 e. The van der Waals surface area contributed by atoms with Gasteiger partial charge in [-0.05, 0) is 31.4 Å². The standard InChI is InChI=1S/C20H25N3O7S/c1-21(31(27,28)16-5-3-2-4-6-16)15-13-20(29-14-15)9-11-22(12-10-20)19(26)30-23-17(24)7-8-18(23)25/h2-6,15H,7-14H2,1H3/t15-/m1/s1. The van der Waals surface area contributed by atoms with Gasteiger partial charge in [-0.3, -0.25) is 9.59 Å². The van der Waals surface area contributed by atoms with Crippen molar-refractivity contribution in [2.75, 3.05) is 26.7 Å². The number of carbonyl (C=O) groups excluding carboxylic acids is 3. The number of hydrogen-bond donors (Lipinski definition) is 0. The molecule has 168 valence electrons. The van der Waals surface area contributed by atoms with Gasteiger partial charge in [0.2, 0.25) is 10.0 Å². The lowest BCUT2D eigenvalue weighted by Crippen LogP contribution is -2.49. The first kappa shape index (κ1) is 21.7. The predicted octanol–water partition coefficient (Wildman–Crippen LogP) is 1.13. The SMILES string of the molecule is CN([C@H]1COC2(CCN(C(=O)ON3C(=O)CCC3=O)CC2)C1)S(=O)(=O)c1ccccc1. The van der Waals surface area contributed by atoms with E-state index in [0.717, 1.165) is 0 Å². The lowest BCUT2D eigenvalue weighted by atomic mass is 9.87. The molecule has 10 nitrogen and oxygen atoms in total. The van der Waals surface area contributed by atoms with Crippen LogP contribution in [0, 0.1) is 0 Å². The minimum atomic E-state index is -3.63. The van der Waals surface area contributed by atoms with Crippen molar-refractivity contribution in [3.05, 3.63) is 30.3 Å². The average Bonchev–Trinajstić information content (AvgIpc) is 3.32. The van der Waals surface area contributed by atoms with Crippen LogP contribution in [0.3, 0.4) is 0 Å². The Kier molecular flexibility index (Phi) is 5.75. The van der Waals surface area contributed by atoms with E-state index in [1.54, 1.807) is 37.4 Å². The summed E-state index contributed by atoms with van der Waals surface area (Å²) in [5, 5.41) is 0.540. The highest BCUT2D eigenvalue weighted by molar-refractivity contribution is 7.89. The van der Waals surface area contributed by atoms with Crippen molar-refractivity contribution >= 4 is 27.9 Å². The van der Waals surface area contributed by atoms with E-state index in [-0.39, 0.29) is 30.4 Å². The van der Waals surface area contributed by atoms with E-state index in [2.05, 4.69) is 0 Å². The summed E-state index contributed by atoms with van der Waals surface area (Å²) in [6.07, 6.45) is 0.908. The first-order valence-corrected chi connectivity index (χ1v) is 11.7. The van der Waals surface area contributed by atoms with Crippen LogP contribution >= 0.6 is 0 Å². The maximum absolute atomic E-state index is 12.9. The summed E-state index contributed by atoms with van der Waals surface area (Å²) in [5.41, 5.74) is -0.513. The quantitative estimate of drug-likeness (QED) is 0.631. The van der Waals surface area contributed by atoms with Gasteiger partial charge in [0.15, 0.2) is 0 Å². The van der Waals surface area contributed by atoms with E-state index >= 15 is 0 Å². The Labute approximate surface area is 180 Å². The molecule has 1 aromatic rings. The van der Waals surface area contributed by atoms with Crippen LogP contribution in [0.25, 0.3) is 0 Å². The van der Waals surface area contributed by atoms with Crippen LogP contribution < -0.4 is 0 Å². The molecule has 3 heterocycles. The van der Waals surface area contributed by atoms with Crippen LogP contribution in [0.1, 0.15) is 32.1 Å². The molecular formula is C20H25N3O7S. The van der Waals surface area contributed by atoms with E-state index in [0.29, 0.717) is 37.4 Å². The summed E-state index contributed by atoms with van der Waals surface area (Å²) in [4.78, 5) is 42.2. The van der Waals surface area contributed by atoms with E-state index in [1.807, 2.05) is 0 Å². The van der Waals surface area contributed by atoms with Crippen molar-refractivity contribution in [3.8, 4) is 0 Å². The van der Waals surface area contributed by atoms with Gasteiger partial charge in [-0.15, -0.1) is 5.06 Å². The highest BCUT2D eigenvalue weighted by Gasteiger charge is 2.47. The topological polar surface area (TPSA) is 114 Å². The molecule has 1 spiro atoms. The summed E-state index contributed by atoms with van der Waals surface area (Å²) < 4.78 is 33.2. The molecule has 0 saturated carbocycles. The largest absolute Gasteiger partial charge is 0.434 e. The molecule has 3 saturated heterocycles. The number of rotatable bonds is 4. The first-order chi connectivity index (χ1) is 14.7. The maximum atomic E-state index is 12.9. The fourth-order valence-electron chi connectivity index (χ4n) is 4.25. The van der Waals surface area contributed by atoms with Crippen LogP contribution in [-0.2, 0) is 29.2 Å². The summed E-state index contributed by atoms with van der Waals surface area (Å²) >= 11 is 0. The lowest BCUT2D eigenvalue weighted by Gasteiger charge is -2.38. The third-order valence-electron chi connectivity index (χ3n) is 6.23. The molecule has 0 unspecified atom stereocenters. The van der Waals surface area contributed by atoms with Crippen LogP contribution in [0.2, 0.25) is 0 Å². The van der Waals surface area contributed by atoms with Crippen molar-refractivity contribution in [2.24, 2.45) is 0 Å². The van der Waals surface area contributed by atoms with E-state index in [9.17, 15) is 22.8 Å². The van der Waals surface area contributed by atoms with Gasteiger partial charge < -0.3 is 14.5 Å². The number of amides is 3. The number of benzene rings is 1. The van der Waals surface area contributed by atoms with Crippen molar-refractivity contribution in [1.82, 2.24) is 14.3 Å². The molecule has 0 aliphatic carbocycles. The molecule has 3 amide bonds. The molecule has 0 aromatic heterocycles. The highest BCUT2D eigenvalue weighted by atomic mass is 32.2. The Morgan fingerprint density at radius 1 is 1.13 bits per heavy atom. The summed E-state index contributed by atoms with van der Waals surface area (Å²) in [5.74, 6) is -1.03. The second kappa shape index (κ2) is 8.21. The monoisotopic (exact) mass is 451 g/mol. The number of imide groups is 1. The number of hydroxylamine groups is 2. The highest BCUT2D eigenvalue weighted by Crippen LogP contribution is 2.38. The zero-order valence-electron chi connectivity index (χ0n) is 17.2. The molecule has 4 rings (SSSR count). The fourth-order valence-corrected chi connectivity index (χ4v) is 5.61. The Hall–Kier alpha value is -2.50. The molecule has 3 aliphatic heterocycles. The first-order valence-electron chi connectivity index (χ1n) is 10.2. The van der Waals surface area contributed by atoms with Crippen molar-refractivity contribution in [2.45, 2.75) is 48.6 Å². The van der Waals surface area contributed by atoms with Gasteiger partial charge in [0.1, 0.15) is 0 Å². The van der Waals surface area contributed by atoms with Crippen LogP contribution in [0.5, 0.6) is 0 Å². The summed E-state index contributed by atoms with van der Waals surface area (Å²) in [6.45, 7) is 0.942. The molecule has 1 atom stereocenters. The van der Waals surface area contributed by atoms with Crippen LogP contribution in [0.15, 0.2) is 35.2 Å². The Morgan fingerprint density at radius 2 is 1.74 bits per heavy atom. The summed E-state index contributed by atoms with van der Waals surface area (Å²) in [6, 6.07) is 7.97. The van der Waals surface area contributed by atoms with Crippen molar-refractivity contribution in [3.63, 3.8) is 0 Å². The number of sulfonamides is 1. The zero-order valence-corrected chi connectivity index (χ0v) is 18.0. The number of likely N-dealkylation sites (tertiary alicyclic amines) is 1. The molecule has 0 radical (unpaired) electrons. The number of piperidine rings is 1. The van der Waals surface area contributed by atoms with Gasteiger partial charge >= 0.3 is 6.09 Å². The predicted molar refractivity (Wildman–Crippen MR) is 107 cm³/mol. The van der Waals surface area contributed by atoms with Crippen molar-refractivity contribution < 1.29 is 32.4 Å². The molecule has 11 heteroatoms. The maximum Gasteiger partial charge on any atom is 0.434 e. The van der Waals surface area contributed by atoms with Gasteiger partial charge in [0.05, 0.1) is 23.1 Å². The van der Waals surface area contributed by atoms with E-state index < -0.39 is 33.5 Å². The molecule has 3 fully saturated rings. The normalized spacial score (nSPS) is 23.7. The second-order valence-electron chi connectivity index (χ2n) is 8.11. The zero-order chi connectivity index (χ0) is 22.2. The van der Waals surface area contributed by atoms with Crippen LogP contribution in [0.4, 0.5) is 4.79 Å². The number of nitrogens with zero attached hydrogens (tertiary/aromatic N) is 3. The van der Waals surface area contributed by atoms with E-state index in [4.69, 9.17) is 9.57 Å². The molecule has 3 aliphatic rings. The Balaban J connectivity index is 1.34. The fraction of sp³-hybridized carbons (Fsp3) is 0.550. The van der Waals surface area contributed by atoms with Gasteiger partial charge in [-0.1, -0.05) is 18.2 Å². The van der Waals surface area contributed by atoms with Crippen LogP contribution in [-0.4, -0.2) is 79.0 Å². The van der Waals surface area contributed by atoms with Gasteiger partial charge in [-0.25, -0.2) is 13.2 Å². The number of hydrogen-bond acceptors (Lipinski definition) is 7. The van der Waals surface area contributed by atoms with Gasteiger partial charge in [0, 0.05) is 33.0 Å². The molecular weight excluding hydrogens is 426 g/mol. The minimum Gasteiger partial charge on any atom is -0.373 e. The summed E-state index contributed by atoms with van der Waals surface area (Å²) in [7, 11) is -2.06. The second-order valence-corrected chi connectivity index (χ2v) is 10.1. The third kappa shape index (κ3) is 4.17. The number of ether oxygens (including phenoxy) is 1. The lowest BCUT2D eigenvalue weighted by molar-refractivity contribution is -0.174. The van der Waals surface area contributed by atoms with E-state index in [1.165, 1.54) is 9.21 Å². The molecule has 0 bridgehead atoms. The van der Waals surface area contributed by atoms with Crippen molar-refractivity contribution in [1.29, 1.82) is 0 Å². The number of likely N-dealkylation sites (N-methyl/N-ethyl adjacent to an activating group) is 1. The third-order valence-corrected chi connectivity index (χ3v) is 8.16. The molecule has 0 N–H and O–H groups in total. The molecule has 1 aromatic carbocycles. The average molecular weight is 452 g/mol. The Bertz CT molecular complexity index is 958. The minimum absolute atomic E-state index is 0.0455. The Morgan fingerprint density at radius 3 is 2.35 bits per heavy atom. The van der Waals surface area contributed by atoms with Gasteiger partial charge in [0.25, 0.3) is 11.8 Å².